The second-order valence-corrected chi connectivity index (χ2v) is 6.27. The van der Waals surface area contributed by atoms with Gasteiger partial charge >= 0.3 is 0 Å². The van der Waals surface area contributed by atoms with E-state index in [1.165, 1.54) is 16.0 Å². The lowest BCUT2D eigenvalue weighted by Gasteiger charge is -2.15. The van der Waals surface area contributed by atoms with Crippen LogP contribution in [0.25, 0.3) is 21.3 Å². The molecular weight excluding hydrogens is 266 g/mol. The van der Waals surface area contributed by atoms with Crippen molar-refractivity contribution in [2.24, 2.45) is 5.73 Å². The Morgan fingerprint density at radius 1 is 1.20 bits per heavy atom. The molecule has 0 saturated heterocycles. The Kier molecular flexibility index (Phi) is 2.79. The van der Waals surface area contributed by atoms with Gasteiger partial charge in [-0.3, -0.25) is 4.98 Å². The van der Waals surface area contributed by atoms with Crippen LogP contribution in [0.4, 0.5) is 0 Å². The van der Waals surface area contributed by atoms with E-state index in [2.05, 4.69) is 23.2 Å². The number of aryl methyl sites for hydroxylation is 1. The Hall–Kier alpha value is -1.78. The summed E-state index contributed by atoms with van der Waals surface area (Å²) >= 11 is 1.74. The first-order valence-electron chi connectivity index (χ1n) is 6.91. The van der Waals surface area contributed by atoms with E-state index in [1.54, 1.807) is 11.3 Å². The van der Waals surface area contributed by atoms with Crippen molar-refractivity contribution in [1.29, 1.82) is 0 Å². The second-order valence-electron chi connectivity index (χ2n) is 5.24. The molecule has 1 unspecified atom stereocenters. The number of fused-ring (bicyclic) bond motifs is 2. The van der Waals surface area contributed by atoms with Crippen molar-refractivity contribution < 1.29 is 0 Å². The van der Waals surface area contributed by atoms with Crippen LogP contribution in [-0.2, 0) is 6.42 Å². The minimum atomic E-state index is 0.160. The number of aromatic nitrogens is 2. The fraction of sp³-hybridized carbons (Fsp3) is 0.250. The molecule has 0 radical (unpaired) electrons. The molecule has 4 heteroatoms. The van der Waals surface area contributed by atoms with E-state index in [1.807, 2.05) is 18.5 Å². The average Bonchev–Trinajstić information content (AvgIpc) is 2.92. The lowest BCUT2D eigenvalue weighted by atomic mass is 9.99. The molecule has 2 heterocycles. The van der Waals surface area contributed by atoms with Crippen LogP contribution >= 0.6 is 11.3 Å². The van der Waals surface area contributed by atoms with Crippen LogP contribution in [0.3, 0.4) is 0 Å². The van der Waals surface area contributed by atoms with E-state index in [-0.39, 0.29) is 6.04 Å². The Bertz CT molecular complexity index is 773. The van der Waals surface area contributed by atoms with Crippen molar-refractivity contribution in [1.82, 2.24) is 9.97 Å². The second kappa shape index (κ2) is 4.65. The van der Waals surface area contributed by atoms with Crippen LogP contribution in [0.15, 0.2) is 36.7 Å². The summed E-state index contributed by atoms with van der Waals surface area (Å²) in [7, 11) is 0. The van der Waals surface area contributed by atoms with E-state index < -0.39 is 0 Å². The van der Waals surface area contributed by atoms with E-state index in [4.69, 9.17) is 10.7 Å². The highest BCUT2D eigenvalue weighted by atomic mass is 32.1. The van der Waals surface area contributed by atoms with Gasteiger partial charge in [0, 0.05) is 34.3 Å². The van der Waals surface area contributed by atoms with Gasteiger partial charge in [0.15, 0.2) is 0 Å². The van der Waals surface area contributed by atoms with Gasteiger partial charge in [0.1, 0.15) is 5.01 Å². The van der Waals surface area contributed by atoms with Gasteiger partial charge in [-0.2, -0.15) is 0 Å². The van der Waals surface area contributed by atoms with Gasteiger partial charge in [-0.15, -0.1) is 11.3 Å². The molecule has 20 heavy (non-hydrogen) atoms. The maximum absolute atomic E-state index is 6.21. The molecule has 100 valence electrons. The third-order valence-corrected chi connectivity index (χ3v) is 5.15. The number of pyridine rings is 1. The number of hydrogen-bond donors (Lipinski definition) is 1. The summed E-state index contributed by atoms with van der Waals surface area (Å²) in [5, 5.41) is 3.42. The van der Waals surface area contributed by atoms with Gasteiger partial charge in [0.05, 0.1) is 5.69 Å². The zero-order valence-electron chi connectivity index (χ0n) is 11.0. The summed E-state index contributed by atoms with van der Waals surface area (Å²) < 4.78 is 0. The molecule has 0 saturated carbocycles. The Labute approximate surface area is 121 Å². The third kappa shape index (κ3) is 1.84. The van der Waals surface area contributed by atoms with Crippen LogP contribution in [0.5, 0.6) is 0 Å². The molecule has 1 atom stereocenters. The molecule has 1 aliphatic carbocycles. The van der Waals surface area contributed by atoms with E-state index in [0.29, 0.717) is 0 Å². The zero-order valence-corrected chi connectivity index (χ0v) is 11.9. The van der Waals surface area contributed by atoms with Gasteiger partial charge in [0.25, 0.3) is 0 Å². The summed E-state index contributed by atoms with van der Waals surface area (Å²) in [4.78, 5) is 10.4. The summed E-state index contributed by atoms with van der Waals surface area (Å²) in [6.07, 6.45) is 7.08. The molecule has 2 N–H and O–H groups in total. The predicted octanol–water partition coefficient (Wildman–Crippen LogP) is 3.69. The molecule has 0 bridgehead atoms. The summed E-state index contributed by atoms with van der Waals surface area (Å²) in [6.45, 7) is 0. The van der Waals surface area contributed by atoms with Gasteiger partial charge < -0.3 is 5.73 Å². The van der Waals surface area contributed by atoms with E-state index in [0.717, 1.165) is 35.2 Å². The molecule has 3 nitrogen and oxygen atoms in total. The standard InChI is InChI=1S/C16H15N3S/c17-13-6-3-7-14-15(13)20-16(19-14)12-9-18-8-10-4-1-2-5-11(10)12/h1-2,4-5,8-9,13H,3,6-7,17H2. The Balaban J connectivity index is 1.92. The molecule has 0 amide bonds. The minimum absolute atomic E-state index is 0.160. The summed E-state index contributed by atoms with van der Waals surface area (Å²) in [5.74, 6) is 0. The first-order chi connectivity index (χ1) is 9.83. The summed E-state index contributed by atoms with van der Waals surface area (Å²) in [5.41, 5.74) is 8.52. The number of hydrogen-bond acceptors (Lipinski definition) is 4. The first kappa shape index (κ1) is 12.0. The molecule has 0 aliphatic heterocycles. The fourth-order valence-corrected chi connectivity index (χ4v) is 4.03. The molecule has 1 aliphatic rings. The molecule has 0 spiro atoms. The number of rotatable bonds is 1. The van der Waals surface area contributed by atoms with E-state index in [9.17, 15) is 0 Å². The Morgan fingerprint density at radius 2 is 2.10 bits per heavy atom. The van der Waals surface area contributed by atoms with Crippen molar-refractivity contribution in [3.63, 3.8) is 0 Å². The van der Waals surface area contributed by atoms with Gasteiger partial charge in [-0.25, -0.2) is 4.98 Å². The van der Waals surface area contributed by atoms with Crippen molar-refractivity contribution in [2.45, 2.75) is 25.3 Å². The van der Waals surface area contributed by atoms with Gasteiger partial charge in [0.2, 0.25) is 0 Å². The van der Waals surface area contributed by atoms with Crippen LogP contribution in [0.2, 0.25) is 0 Å². The molecule has 1 aromatic carbocycles. The topological polar surface area (TPSA) is 51.8 Å². The van der Waals surface area contributed by atoms with Crippen molar-refractivity contribution >= 4 is 22.1 Å². The quantitative estimate of drug-likeness (QED) is 0.740. The Morgan fingerprint density at radius 3 is 3.00 bits per heavy atom. The third-order valence-electron chi connectivity index (χ3n) is 3.89. The monoisotopic (exact) mass is 281 g/mol. The zero-order chi connectivity index (χ0) is 13.5. The van der Waals surface area contributed by atoms with Crippen molar-refractivity contribution in [3.8, 4) is 10.6 Å². The highest BCUT2D eigenvalue weighted by Crippen LogP contribution is 2.38. The lowest BCUT2D eigenvalue weighted by molar-refractivity contribution is 0.573. The molecule has 3 aromatic rings. The van der Waals surface area contributed by atoms with E-state index >= 15 is 0 Å². The fourth-order valence-electron chi connectivity index (χ4n) is 2.86. The van der Waals surface area contributed by atoms with Crippen LogP contribution in [0.1, 0.15) is 29.5 Å². The van der Waals surface area contributed by atoms with Crippen LogP contribution in [0, 0.1) is 0 Å². The van der Waals surface area contributed by atoms with Gasteiger partial charge in [-0.1, -0.05) is 24.3 Å². The minimum Gasteiger partial charge on any atom is -0.323 e. The highest BCUT2D eigenvalue weighted by molar-refractivity contribution is 7.15. The summed E-state index contributed by atoms with van der Waals surface area (Å²) in [6, 6.07) is 8.48. The molecule has 4 rings (SSSR count). The highest BCUT2D eigenvalue weighted by Gasteiger charge is 2.22. The largest absolute Gasteiger partial charge is 0.323 e. The first-order valence-corrected chi connectivity index (χ1v) is 7.73. The number of thiazole rings is 1. The average molecular weight is 281 g/mol. The maximum Gasteiger partial charge on any atom is 0.126 e. The smallest absolute Gasteiger partial charge is 0.126 e. The number of nitrogens with two attached hydrogens (primary N) is 1. The SMILES string of the molecule is NC1CCCc2nc(-c3cncc4ccccc34)sc21. The molecular formula is C16H15N3S. The normalized spacial score (nSPS) is 18.1. The van der Waals surface area contributed by atoms with Crippen LogP contribution < -0.4 is 5.73 Å². The van der Waals surface area contributed by atoms with Crippen molar-refractivity contribution in [2.75, 3.05) is 0 Å². The lowest BCUT2D eigenvalue weighted by Crippen LogP contribution is -2.15. The van der Waals surface area contributed by atoms with Crippen LogP contribution in [-0.4, -0.2) is 9.97 Å². The molecule has 0 fully saturated rings. The number of benzene rings is 1. The number of nitrogens with zero attached hydrogens (tertiary/aromatic N) is 2. The predicted molar refractivity (Wildman–Crippen MR) is 82.7 cm³/mol. The molecule has 2 aromatic heterocycles. The maximum atomic E-state index is 6.21. The van der Waals surface area contributed by atoms with Crippen molar-refractivity contribution in [3.05, 3.63) is 47.2 Å². The van der Waals surface area contributed by atoms with Gasteiger partial charge in [-0.05, 0) is 24.6 Å².